The van der Waals surface area contributed by atoms with E-state index in [0.717, 1.165) is 12.3 Å². The highest BCUT2D eigenvalue weighted by molar-refractivity contribution is 5.89. The van der Waals surface area contributed by atoms with Crippen LogP contribution in [0, 0.1) is 5.92 Å². The van der Waals surface area contributed by atoms with Crippen molar-refractivity contribution in [2.24, 2.45) is 5.92 Å². The molecule has 3 N–H and O–H groups in total. The lowest BCUT2D eigenvalue weighted by molar-refractivity contribution is -0.116. The Morgan fingerprint density at radius 1 is 1.41 bits per heavy atom. The first-order valence-electron chi connectivity index (χ1n) is 6.25. The summed E-state index contributed by atoms with van der Waals surface area (Å²) in [6, 6.07) is 3.46. The van der Waals surface area contributed by atoms with Gasteiger partial charge in [-0.15, -0.1) is 0 Å². The highest BCUT2D eigenvalue weighted by atomic mass is 16.1. The molecule has 1 amide bonds. The maximum absolute atomic E-state index is 11.7. The van der Waals surface area contributed by atoms with Crippen LogP contribution in [0.2, 0.25) is 0 Å². The summed E-state index contributed by atoms with van der Waals surface area (Å²) in [5.41, 5.74) is 6.13. The molecule has 0 saturated heterocycles. The van der Waals surface area contributed by atoms with Crippen LogP contribution >= 0.6 is 0 Å². The molecule has 1 saturated carbocycles. The normalized spacial score (nSPS) is 16.0. The minimum atomic E-state index is 0.0502. The summed E-state index contributed by atoms with van der Waals surface area (Å²) >= 11 is 0. The van der Waals surface area contributed by atoms with Crippen LogP contribution in [0.5, 0.6) is 0 Å². The number of carbonyl (C=O) groups is 1. The second kappa shape index (κ2) is 5.66. The molecule has 0 aliphatic heterocycles. The Morgan fingerprint density at radius 3 is 2.82 bits per heavy atom. The van der Waals surface area contributed by atoms with Gasteiger partial charge in [0, 0.05) is 6.42 Å². The number of amides is 1. The van der Waals surface area contributed by atoms with Crippen molar-refractivity contribution in [3.05, 3.63) is 18.3 Å². The summed E-state index contributed by atoms with van der Waals surface area (Å²) < 4.78 is 0. The topological polar surface area (TPSA) is 68.0 Å². The van der Waals surface area contributed by atoms with Crippen LogP contribution in [0.3, 0.4) is 0 Å². The molecule has 1 heterocycles. The fourth-order valence-corrected chi connectivity index (χ4v) is 2.32. The lowest BCUT2D eigenvalue weighted by Gasteiger charge is -2.08. The van der Waals surface area contributed by atoms with Gasteiger partial charge in [-0.1, -0.05) is 25.7 Å². The average Bonchev–Trinajstić information content (AvgIpc) is 2.83. The van der Waals surface area contributed by atoms with Crippen LogP contribution < -0.4 is 11.1 Å². The van der Waals surface area contributed by atoms with Gasteiger partial charge in [-0.3, -0.25) is 4.79 Å². The SMILES string of the molecule is Nc1ccc(NC(=O)CCC2CCCC2)nc1. The first kappa shape index (κ1) is 11.9. The first-order valence-corrected chi connectivity index (χ1v) is 6.25. The smallest absolute Gasteiger partial charge is 0.225 e. The van der Waals surface area contributed by atoms with Crippen molar-refractivity contribution in [2.45, 2.75) is 38.5 Å². The van der Waals surface area contributed by atoms with Crippen LogP contribution in [0.1, 0.15) is 38.5 Å². The molecule has 2 rings (SSSR count). The number of hydrogen-bond acceptors (Lipinski definition) is 3. The number of hydrogen-bond donors (Lipinski definition) is 2. The number of nitrogen functional groups attached to an aromatic ring is 1. The van der Waals surface area contributed by atoms with Crippen molar-refractivity contribution < 1.29 is 4.79 Å². The molecule has 0 unspecified atom stereocenters. The highest BCUT2D eigenvalue weighted by Crippen LogP contribution is 2.28. The molecule has 4 heteroatoms. The van der Waals surface area contributed by atoms with E-state index in [1.807, 2.05) is 0 Å². The lowest BCUT2D eigenvalue weighted by Crippen LogP contribution is -2.13. The van der Waals surface area contributed by atoms with Gasteiger partial charge in [0.1, 0.15) is 5.82 Å². The van der Waals surface area contributed by atoms with Crippen molar-refractivity contribution in [3.63, 3.8) is 0 Å². The van der Waals surface area contributed by atoms with Gasteiger partial charge in [-0.05, 0) is 24.5 Å². The third kappa shape index (κ3) is 3.73. The van der Waals surface area contributed by atoms with Gasteiger partial charge in [-0.25, -0.2) is 4.98 Å². The van der Waals surface area contributed by atoms with Gasteiger partial charge >= 0.3 is 0 Å². The zero-order valence-corrected chi connectivity index (χ0v) is 9.98. The third-order valence-electron chi connectivity index (χ3n) is 3.31. The molecule has 4 nitrogen and oxygen atoms in total. The Hall–Kier alpha value is -1.58. The van der Waals surface area contributed by atoms with Gasteiger partial charge in [0.2, 0.25) is 5.91 Å². The molecule has 0 aromatic carbocycles. The Morgan fingerprint density at radius 2 is 2.18 bits per heavy atom. The van der Waals surface area contributed by atoms with Crippen molar-refractivity contribution >= 4 is 17.4 Å². The van der Waals surface area contributed by atoms with E-state index in [-0.39, 0.29) is 5.91 Å². The Kier molecular flexibility index (Phi) is 3.96. The fourth-order valence-electron chi connectivity index (χ4n) is 2.32. The van der Waals surface area contributed by atoms with Crippen LogP contribution in [-0.2, 0) is 4.79 Å². The van der Waals surface area contributed by atoms with Crippen LogP contribution in [0.15, 0.2) is 18.3 Å². The summed E-state index contributed by atoms with van der Waals surface area (Å²) in [4.78, 5) is 15.7. The van der Waals surface area contributed by atoms with Gasteiger partial charge in [0.05, 0.1) is 11.9 Å². The second-order valence-electron chi connectivity index (χ2n) is 4.71. The predicted molar refractivity (Wildman–Crippen MR) is 68.5 cm³/mol. The molecule has 92 valence electrons. The minimum Gasteiger partial charge on any atom is -0.397 e. The molecular weight excluding hydrogens is 214 g/mol. The van der Waals surface area contributed by atoms with E-state index in [9.17, 15) is 4.79 Å². The summed E-state index contributed by atoms with van der Waals surface area (Å²) in [7, 11) is 0. The number of pyridine rings is 1. The monoisotopic (exact) mass is 233 g/mol. The molecule has 1 aromatic rings. The largest absolute Gasteiger partial charge is 0.397 e. The zero-order valence-electron chi connectivity index (χ0n) is 9.98. The van der Waals surface area contributed by atoms with Crippen molar-refractivity contribution in [1.82, 2.24) is 4.98 Å². The van der Waals surface area contributed by atoms with Crippen LogP contribution in [0.25, 0.3) is 0 Å². The third-order valence-corrected chi connectivity index (χ3v) is 3.31. The van der Waals surface area contributed by atoms with E-state index in [4.69, 9.17) is 5.73 Å². The van der Waals surface area contributed by atoms with E-state index < -0.39 is 0 Å². The number of carbonyl (C=O) groups excluding carboxylic acids is 1. The van der Waals surface area contributed by atoms with Crippen molar-refractivity contribution in [1.29, 1.82) is 0 Å². The summed E-state index contributed by atoms with van der Waals surface area (Å²) in [5, 5.41) is 2.79. The van der Waals surface area contributed by atoms with Crippen molar-refractivity contribution in [2.75, 3.05) is 11.1 Å². The van der Waals surface area contributed by atoms with Gasteiger partial charge in [0.25, 0.3) is 0 Å². The standard InChI is InChI=1S/C13H19N3O/c14-11-6-7-12(15-9-11)16-13(17)8-5-10-3-1-2-4-10/h6-7,9-10H,1-5,8,14H2,(H,15,16,17). The maximum atomic E-state index is 11.7. The molecule has 1 aliphatic carbocycles. The van der Waals surface area contributed by atoms with Crippen LogP contribution in [0.4, 0.5) is 11.5 Å². The van der Waals surface area contributed by atoms with E-state index in [1.165, 1.54) is 25.7 Å². The summed E-state index contributed by atoms with van der Waals surface area (Å²) in [6.07, 6.45) is 8.36. The number of nitrogens with zero attached hydrogens (tertiary/aromatic N) is 1. The molecule has 0 bridgehead atoms. The summed E-state index contributed by atoms with van der Waals surface area (Å²) in [5.74, 6) is 1.38. The Balaban J connectivity index is 1.74. The first-order chi connectivity index (χ1) is 8.24. The Labute approximate surface area is 102 Å². The zero-order chi connectivity index (χ0) is 12.1. The highest BCUT2D eigenvalue weighted by Gasteiger charge is 2.16. The van der Waals surface area contributed by atoms with E-state index >= 15 is 0 Å². The number of rotatable bonds is 4. The molecule has 1 aliphatic rings. The molecule has 0 spiro atoms. The lowest BCUT2D eigenvalue weighted by atomic mass is 10.0. The van der Waals surface area contributed by atoms with Gasteiger partial charge in [0.15, 0.2) is 0 Å². The molecule has 1 aromatic heterocycles. The maximum Gasteiger partial charge on any atom is 0.225 e. The van der Waals surface area contributed by atoms with Crippen molar-refractivity contribution in [3.8, 4) is 0 Å². The quantitative estimate of drug-likeness (QED) is 0.839. The number of aromatic nitrogens is 1. The van der Waals surface area contributed by atoms with Gasteiger partial charge < -0.3 is 11.1 Å². The number of nitrogens with one attached hydrogen (secondary N) is 1. The fraction of sp³-hybridized carbons (Fsp3) is 0.538. The van der Waals surface area contributed by atoms with E-state index in [0.29, 0.717) is 17.9 Å². The number of anilines is 2. The molecule has 0 radical (unpaired) electrons. The average molecular weight is 233 g/mol. The van der Waals surface area contributed by atoms with Crippen LogP contribution in [-0.4, -0.2) is 10.9 Å². The molecule has 17 heavy (non-hydrogen) atoms. The molecule has 1 fully saturated rings. The second-order valence-corrected chi connectivity index (χ2v) is 4.71. The molecular formula is C13H19N3O. The predicted octanol–water partition coefficient (Wildman–Crippen LogP) is 2.57. The number of nitrogens with two attached hydrogens (primary N) is 1. The minimum absolute atomic E-state index is 0.0502. The van der Waals surface area contributed by atoms with E-state index in [2.05, 4.69) is 10.3 Å². The Bertz CT molecular complexity index is 369. The molecule has 0 atom stereocenters. The van der Waals surface area contributed by atoms with E-state index in [1.54, 1.807) is 18.3 Å². The summed E-state index contributed by atoms with van der Waals surface area (Å²) in [6.45, 7) is 0. The van der Waals surface area contributed by atoms with Gasteiger partial charge in [-0.2, -0.15) is 0 Å².